The fraction of sp³-hybridized carbons (Fsp3) is 0.467. The van der Waals surface area contributed by atoms with Gasteiger partial charge < -0.3 is 5.11 Å². The topological polar surface area (TPSA) is 49.7 Å². The lowest BCUT2D eigenvalue weighted by Crippen LogP contribution is -2.22. The van der Waals surface area contributed by atoms with Gasteiger partial charge in [-0.2, -0.15) is 0 Å². The van der Waals surface area contributed by atoms with Crippen LogP contribution < -0.4 is 0 Å². The first kappa shape index (κ1) is 12.8. The Morgan fingerprint density at radius 1 is 1.22 bits per heavy atom. The second kappa shape index (κ2) is 6.34. The van der Waals surface area contributed by atoms with Crippen LogP contribution in [-0.2, 0) is 4.79 Å². The number of hydrogen-bond acceptors (Lipinski definition) is 2. The summed E-state index contributed by atoms with van der Waals surface area (Å²) in [5.41, 5.74) is 1.12. The molecule has 18 heavy (non-hydrogen) atoms. The van der Waals surface area contributed by atoms with Crippen molar-refractivity contribution < 1.29 is 9.90 Å². The number of benzene rings is 1. The summed E-state index contributed by atoms with van der Waals surface area (Å²) in [6, 6.07) is 10.1. The quantitative estimate of drug-likeness (QED) is 0.829. The van der Waals surface area contributed by atoms with Crippen LogP contribution in [0.25, 0.3) is 0 Å². The van der Waals surface area contributed by atoms with Crippen LogP contribution in [0.4, 0.5) is 0 Å². The zero-order valence-corrected chi connectivity index (χ0v) is 10.5. The molecule has 1 N–H and O–H groups in total. The lowest BCUT2D eigenvalue weighted by Gasteiger charge is -2.24. The third kappa shape index (κ3) is 3.69. The lowest BCUT2D eigenvalue weighted by molar-refractivity contribution is -0.143. The highest BCUT2D eigenvalue weighted by Crippen LogP contribution is 2.28. The van der Waals surface area contributed by atoms with E-state index >= 15 is 0 Å². The minimum absolute atomic E-state index is 0.126. The van der Waals surface area contributed by atoms with Crippen molar-refractivity contribution in [3.8, 4) is 0 Å². The highest BCUT2D eigenvalue weighted by Gasteiger charge is 2.25. The molecule has 1 aliphatic carbocycles. The van der Waals surface area contributed by atoms with Crippen molar-refractivity contribution in [2.45, 2.75) is 25.7 Å². The molecule has 1 saturated carbocycles. The highest BCUT2D eigenvalue weighted by atomic mass is 16.4. The van der Waals surface area contributed by atoms with E-state index in [0.29, 0.717) is 5.92 Å². The van der Waals surface area contributed by atoms with Gasteiger partial charge in [-0.1, -0.05) is 30.3 Å². The average Bonchev–Trinajstić information content (AvgIpc) is 2.40. The zero-order chi connectivity index (χ0) is 12.8. The molecule has 0 bridgehead atoms. The van der Waals surface area contributed by atoms with E-state index < -0.39 is 5.97 Å². The summed E-state index contributed by atoms with van der Waals surface area (Å²) < 4.78 is 0. The summed E-state index contributed by atoms with van der Waals surface area (Å²) in [7, 11) is 0. The van der Waals surface area contributed by atoms with Gasteiger partial charge in [0.2, 0.25) is 0 Å². The summed E-state index contributed by atoms with van der Waals surface area (Å²) in [5.74, 6) is -0.207. The van der Waals surface area contributed by atoms with E-state index in [9.17, 15) is 4.79 Å². The maximum Gasteiger partial charge on any atom is 0.306 e. The first-order chi connectivity index (χ1) is 8.75. The number of rotatable bonds is 4. The van der Waals surface area contributed by atoms with Gasteiger partial charge in [-0.05, 0) is 37.2 Å². The van der Waals surface area contributed by atoms with Gasteiger partial charge in [-0.3, -0.25) is 9.79 Å². The van der Waals surface area contributed by atoms with E-state index in [0.717, 1.165) is 37.8 Å². The highest BCUT2D eigenvalue weighted by molar-refractivity contribution is 5.79. The van der Waals surface area contributed by atoms with E-state index in [-0.39, 0.29) is 5.92 Å². The first-order valence-electron chi connectivity index (χ1n) is 6.53. The summed E-state index contributed by atoms with van der Waals surface area (Å²) in [4.78, 5) is 15.3. The number of aliphatic imine (C=N–C) groups is 1. The Hall–Kier alpha value is -1.64. The van der Waals surface area contributed by atoms with Crippen LogP contribution in [0, 0.1) is 11.8 Å². The molecule has 1 aromatic carbocycles. The molecule has 0 heterocycles. The van der Waals surface area contributed by atoms with Crippen molar-refractivity contribution in [2.75, 3.05) is 6.54 Å². The Morgan fingerprint density at radius 2 is 1.89 bits per heavy atom. The monoisotopic (exact) mass is 245 g/mol. The van der Waals surface area contributed by atoms with Crippen molar-refractivity contribution in [1.29, 1.82) is 0 Å². The van der Waals surface area contributed by atoms with Gasteiger partial charge in [0.25, 0.3) is 0 Å². The van der Waals surface area contributed by atoms with Crippen molar-refractivity contribution in [3.63, 3.8) is 0 Å². The lowest BCUT2D eigenvalue weighted by atomic mass is 9.82. The molecule has 0 aliphatic heterocycles. The molecule has 0 radical (unpaired) electrons. The van der Waals surface area contributed by atoms with Gasteiger partial charge in [0, 0.05) is 12.8 Å². The SMILES string of the molecule is O=C(O)[C@H]1CC[C@H](C/N=C/c2ccccc2)CC1. The summed E-state index contributed by atoms with van der Waals surface area (Å²) in [6.45, 7) is 0.821. The molecule has 3 heteroatoms. The normalized spacial score (nSPS) is 24.2. The molecule has 1 fully saturated rings. The number of carbonyl (C=O) groups is 1. The Morgan fingerprint density at radius 3 is 2.50 bits per heavy atom. The van der Waals surface area contributed by atoms with Crippen LogP contribution in [0.15, 0.2) is 35.3 Å². The third-order valence-corrected chi connectivity index (χ3v) is 3.60. The first-order valence-corrected chi connectivity index (χ1v) is 6.53. The Bertz CT molecular complexity index is 406. The second-order valence-electron chi connectivity index (χ2n) is 4.96. The minimum Gasteiger partial charge on any atom is -0.481 e. The molecule has 3 nitrogen and oxygen atoms in total. The van der Waals surface area contributed by atoms with Gasteiger partial charge in [-0.25, -0.2) is 0 Å². The fourth-order valence-corrected chi connectivity index (χ4v) is 2.44. The molecule has 0 amide bonds. The predicted molar refractivity (Wildman–Crippen MR) is 72.0 cm³/mol. The van der Waals surface area contributed by atoms with Crippen LogP contribution in [0.2, 0.25) is 0 Å². The molecule has 1 aromatic rings. The number of aliphatic carboxylic acids is 1. The zero-order valence-electron chi connectivity index (χ0n) is 10.5. The van der Waals surface area contributed by atoms with Crippen LogP contribution in [0.1, 0.15) is 31.2 Å². The van der Waals surface area contributed by atoms with E-state index in [4.69, 9.17) is 5.11 Å². The second-order valence-corrected chi connectivity index (χ2v) is 4.96. The van der Waals surface area contributed by atoms with E-state index in [1.54, 1.807) is 0 Å². The number of nitrogens with zero attached hydrogens (tertiary/aromatic N) is 1. The van der Waals surface area contributed by atoms with E-state index in [1.165, 1.54) is 0 Å². The van der Waals surface area contributed by atoms with Crippen molar-refractivity contribution in [3.05, 3.63) is 35.9 Å². The van der Waals surface area contributed by atoms with Crippen LogP contribution in [0.3, 0.4) is 0 Å². The smallest absolute Gasteiger partial charge is 0.306 e. The predicted octanol–water partition coefficient (Wildman–Crippen LogP) is 3.00. The average molecular weight is 245 g/mol. The van der Waals surface area contributed by atoms with E-state index in [2.05, 4.69) is 4.99 Å². The van der Waals surface area contributed by atoms with Crippen molar-refractivity contribution >= 4 is 12.2 Å². The molecule has 0 atom stereocenters. The minimum atomic E-state index is -0.638. The molecule has 2 rings (SSSR count). The van der Waals surface area contributed by atoms with Crippen molar-refractivity contribution in [1.82, 2.24) is 0 Å². The van der Waals surface area contributed by atoms with Crippen LogP contribution in [0.5, 0.6) is 0 Å². The maximum atomic E-state index is 10.8. The Kier molecular flexibility index (Phi) is 4.51. The Balaban J connectivity index is 1.76. The van der Waals surface area contributed by atoms with Gasteiger partial charge in [-0.15, -0.1) is 0 Å². The molecule has 96 valence electrons. The van der Waals surface area contributed by atoms with E-state index in [1.807, 2.05) is 36.5 Å². The molecule has 0 saturated heterocycles. The Labute approximate surface area is 108 Å². The molecule has 1 aliphatic rings. The largest absolute Gasteiger partial charge is 0.481 e. The molecular weight excluding hydrogens is 226 g/mol. The van der Waals surface area contributed by atoms with Gasteiger partial charge >= 0.3 is 5.97 Å². The van der Waals surface area contributed by atoms with Crippen molar-refractivity contribution in [2.24, 2.45) is 16.8 Å². The number of carboxylic acids is 1. The van der Waals surface area contributed by atoms with Crippen LogP contribution in [-0.4, -0.2) is 23.8 Å². The summed E-state index contributed by atoms with van der Waals surface area (Å²) in [6.07, 6.45) is 5.50. The third-order valence-electron chi connectivity index (χ3n) is 3.60. The maximum absolute atomic E-state index is 10.8. The molecule has 0 spiro atoms. The number of hydrogen-bond donors (Lipinski definition) is 1. The van der Waals surface area contributed by atoms with Gasteiger partial charge in [0.05, 0.1) is 5.92 Å². The number of carboxylic acid groups (broad SMARTS) is 1. The van der Waals surface area contributed by atoms with Gasteiger partial charge in [0.15, 0.2) is 0 Å². The molecular formula is C15H19NO2. The van der Waals surface area contributed by atoms with Crippen LogP contribution >= 0.6 is 0 Å². The molecule has 0 unspecified atom stereocenters. The molecule has 0 aromatic heterocycles. The summed E-state index contributed by atoms with van der Waals surface area (Å²) >= 11 is 0. The summed E-state index contributed by atoms with van der Waals surface area (Å²) in [5, 5.41) is 8.92. The fourth-order valence-electron chi connectivity index (χ4n) is 2.44. The standard InChI is InChI=1S/C15H19NO2/c17-15(18)14-8-6-13(7-9-14)11-16-10-12-4-2-1-3-5-12/h1-5,10,13-14H,6-9,11H2,(H,17,18)/b16-10+/t13-,14-. The van der Waals surface area contributed by atoms with Gasteiger partial charge in [0.1, 0.15) is 0 Å².